The van der Waals surface area contributed by atoms with Crippen LogP contribution in [0.15, 0.2) is 30.3 Å². The summed E-state index contributed by atoms with van der Waals surface area (Å²) in [6.45, 7) is -1.09. The quantitative estimate of drug-likeness (QED) is 0.0746. The van der Waals surface area contributed by atoms with Crippen molar-refractivity contribution in [1.82, 2.24) is 0 Å². The van der Waals surface area contributed by atoms with Gasteiger partial charge in [0, 0.05) is 17.2 Å². The molecule has 14 N–H and O–H groups in total. The Bertz CT molecular complexity index is 2360. The summed E-state index contributed by atoms with van der Waals surface area (Å²) in [6, 6.07) is 2.61. The van der Waals surface area contributed by atoms with Gasteiger partial charge in [-0.15, -0.1) is 0 Å². The Morgan fingerprint density at radius 3 is 1.79 bits per heavy atom. The van der Waals surface area contributed by atoms with Crippen LogP contribution in [0, 0.1) is 0 Å². The number of hydrogen-bond acceptors (Lipinski definition) is 22. The average Bonchev–Trinajstić information content (AvgIpc) is 3.17. The Morgan fingerprint density at radius 2 is 1.16 bits per heavy atom. The fourth-order valence-corrected chi connectivity index (χ4v) is 5.80. The number of benzene rings is 4. The Hall–Kier alpha value is -7.76. The highest BCUT2D eigenvalue weighted by Gasteiger charge is 2.50. The van der Waals surface area contributed by atoms with Crippen molar-refractivity contribution in [3.63, 3.8) is 0 Å². The van der Waals surface area contributed by atoms with Gasteiger partial charge in [-0.05, 0) is 24.3 Å². The van der Waals surface area contributed by atoms with Crippen LogP contribution in [0.2, 0.25) is 0 Å². The number of carboxylic acid groups (broad SMARTS) is 1. The maximum Gasteiger partial charge on any atom is 0.340 e. The van der Waals surface area contributed by atoms with Crippen molar-refractivity contribution in [2.45, 2.75) is 30.7 Å². The van der Waals surface area contributed by atoms with Gasteiger partial charge in [0.1, 0.15) is 30.5 Å². The molecule has 0 unspecified atom stereocenters. The van der Waals surface area contributed by atoms with E-state index in [2.05, 4.69) is 0 Å². The van der Waals surface area contributed by atoms with E-state index in [4.69, 9.17) is 23.7 Å². The largest absolute Gasteiger partial charge is 0.504 e. The number of carboxylic acids is 1. The lowest BCUT2D eigenvalue weighted by atomic mass is 9.91. The van der Waals surface area contributed by atoms with Gasteiger partial charge < -0.3 is 95.2 Å². The van der Waals surface area contributed by atoms with E-state index in [0.717, 1.165) is 0 Å². The number of phenolic OH excluding ortho intramolecular Hbond substituents is 11. The number of fused-ring (bicyclic) bond motifs is 4. The minimum atomic E-state index is -2.29. The number of carbonyl (C=O) groups is 4. The Kier molecular flexibility index (Phi) is 9.67. The molecular weight excluding hydrogens is 776 g/mol. The van der Waals surface area contributed by atoms with Crippen LogP contribution in [0.25, 0.3) is 11.1 Å². The minimum Gasteiger partial charge on any atom is -0.504 e. The lowest BCUT2D eigenvalue weighted by molar-refractivity contribution is -0.284. The summed E-state index contributed by atoms with van der Waals surface area (Å²) in [5.41, 5.74) is -5.87. The summed E-state index contributed by atoms with van der Waals surface area (Å²) in [5, 5.41) is 145. The zero-order valence-electron chi connectivity index (χ0n) is 27.9. The molecule has 1 fully saturated rings. The van der Waals surface area contributed by atoms with E-state index in [-0.39, 0.29) is 0 Å². The van der Waals surface area contributed by atoms with Crippen LogP contribution in [0.3, 0.4) is 0 Å². The lowest BCUT2D eigenvalue weighted by Crippen LogP contribution is -2.61. The molecule has 6 rings (SSSR count). The van der Waals surface area contributed by atoms with E-state index in [0.29, 0.717) is 30.3 Å². The minimum absolute atomic E-state index is 0.405. The third-order valence-corrected chi connectivity index (χ3v) is 8.61. The molecule has 23 heteroatoms. The van der Waals surface area contributed by atoms with Gasteiger partial charge in [-0.2, -0.15) is 0 Å². The Morgan fingerprint density at radius 1 is 0.614 bits per heavy atom. The zero-order valence-corrected chi connectivity index (χ0v) is 27.9. The van der Waals surface area contributed by atoms with Crippen LogP contribution < -0.4 is 4.74 Å². The van der Waals surface area contributed by atoms with Crippen LogP contribution in [-0.2, 0) is 18.9 Å². The van der Waals surface area contributed by atoms with Crippen LogP contribution in [0.5, 0.6) is 74.7 Å². The molecule has 5 atom stereocenters. The van der Waals surface area contributed by atoms with Gasteiger partial charge in [0.2, 0.25) is 29.3 Å². The molecule has 0 aromatic heterocycles. The van der Waals surface area contributed by atoms with Gasteiger partial charge in [-0.1, -0.05) is 0 Å². The number of aromatic hydroxyl groups is 11. The topological polar surface area (TPSA) is 398 Å². The summed E-state index contributed by atoms with van der Waals surface area (Å²) < 4.78 is 26.4. The van der Waals surface area contributed by atoms with Crippen molar-refractivity contribution in [2.24, 2.45) is 0 Å². The first-order valence-corrected chi connectivity index (χ1v) is 15.6. The van der Waals surface area contributed by atoms with Gasteiger partial charge in [-0.3, -0.25) is 0 Å². The second kappa shape index (κ2) is 14.1. The molecule has 2 heterocycles. The summed E-state index contributed by atoms with van der Waals surface area (Å²) >= 11 is 0. The maximum absolute atomic E-state index is 13.8. The first-order valence-electron chi connectivity index (χ1n) is 15.6. The van der Waals surface area contributed by atoms with Crippen LogP contribution in [-0.4, -0.2) is 133 Å². The smallest absolute Gasteiger partial charge is 0.340 e. The van der Waals surface area contributed by atoms with Crippen molar-refractivity contribution in [3.8, 4) is 85.9 Å². The summed E-state index contributed by atoms with van der Waals surface area (Å²) in [5.74, 6) is -22.7. The number of hydrogen-bond donors (Lipinski definition) is 14. The molecule has 0 saturated carbocycles. The Balaban J connectivity index is 1.47. The average molecular weight is 803 g/mol. The van der Waals surface area contributed by atoms with E-state index in [9.17, 15) is 90.7 Å². The number of carbonyl (C=O) groups excluding carboxylic acids is 3. The van der Waals surface area contributed by atoms with Gasteiger partial charge >= 0.3 is 23.9 Å². The van der Waals surface area contributed by atoms with Crippen LogP contribution in [0.1, 0.15) is 41.4 Å². The molecule has 1 saturated heterocycles. The number of rotatable bonds is 5. The molecule has 0 bridgehead atoms. The van der Waals surface area contributed by atoms with Crippen molar-refractivity contribution < 1.29 is 114 Å². The number of aliphatic hydroxyl groups is 2. The number of aromatic carboxylic acids is 1. The first-order chi connectivity index (χ1) is 26.7. The first kappa shape index (κ1) is 38.9. The molecule has 4 aromatic rings. The van der Waals surface area contributed by atoms with Crippen LogP contribution in [0.4, 0.5) is 0 Å². The van der Waals surface area contributed by atoms with Crippen molar-refractivity contribution in [2.75, 3.05) is 6.61 Å². The van der Waals surface area contributed by atoms with E-state index in [1.54, 1.807) is 0 Å². The number of esters is 3. The second-order valence-corrected chi connectivity index (χ2v) is 12.1. The monoisotopic (exact) mass is 802 g/mol. The van der Waals surface area contributed by atoms with Crippen molar-refractivity contribution >= 4 is 23.9 Å². The third-order valence-electron chi connectivity index (χ3n) is 8.61. The highest BCUT2D eigenvalue weighted by Crippen LogP contribution is 2.56. The SMILES string of the molecule is O=C(O[C@@H]1O[C@@H]2COC(=O)c3cc(O)c(Oc4c(C(=O)O)cc(O)c(O)c4O)c(O)c3-c3c(cc(O)c(O)c3O)C(=O)O[C@H]2[C@H](O)[C@H]1O)c1cc(O)c(O)c(O)c1. The fourth-order valence-electron chi connectivity index (χ4n) is 5.80. The van der Waals surface area contributed by atoms with E-state index in [1.165, 1.54) is 0 Å². The molecule has 0 spiro atoms. The number of ether oxygens (including phenoxy) is 5. The predicted molar refractivity (Wildman–Crippen MR) is 176 cm³/mol. The van der Waals surface area contributed by atoms with E-state index in [1.807, 2.05) is 0 Å². The van der Waals surface area contributed by atoms with Gasteiger partial charge in [0.15, 0.2) is 57.8 Å². The van der Waals surface area contributed by atoms with Crippen LogP contribution >= 0.6 is 0 Å². The number of phenols is 11. The van der Waals surface area contributed by atoms with E-state index < -0.39 is 169 Å². The summed E-state index contributed by atoms with van der Waals surface area (Å²) in [7, 11) is 0. The number of cyclic esters (lactones) is 1. The normalized spacial score (nSPS) is 20.4. The van der Waals surface area contributed by atoms with Gasteiger partial charge in [0.05, 0.1) is 16.7 Å². The fraction of sp³-hybridized carbons (Fsp3) is 0.176. The molecule has 23 nitrogen and oxygen atoms in total. The van der Waals surface area contributed by atoms with Crippen molar-refractivity contribution in [1.29, 1.82) is 0 Å². The molecule has 0 radical (unpaired) electrons. The molecule has 57 heavy (non-hydrogen) atoms. The Labute approximate surface area is 314 Å². The molecule has 2 aliphatic rings. The lowest BCUT2D eigenvalue weighted by Gasteiger charge is -2.41. The maximum atomic E-state index is 13.8. The molecule has 4 aromatic carbocycles. The highest BCUT2D eigenvalue weighted by atomic mass is 16.7. The number of aliphatic hydroxyl groups excluding tert-OH is 2. The highest BCUT2D eigenvalue weighted by molar-refractivity contribution is 6.08. The molecule has 2 aliphatic heterocycles. The molecule has 300 valence electrons. The zero-order chi connectivity index (χ0) is 41.9. The second-order valence-electron chi connectivity index (χ2n) is 12.1. The molecule has 0 aliphatic carbocycles. The van der Waals surface area contributed by atoms with Crippen molar-refractivity contribution in [3.05, 3.63) is 52.6 Å². The standard InChI is InChI=1S/C34H26O23/c35-11-1-7(2-12(36)19(11)40)31(50)57-34-26(47)25(46)29-16(54-34)6-53-32(51)8-4-15(39)28(55-27-10(30(48)49)5-14(38)21(42)24(27)45)23(44)18(8)17-9(33(52)56-29)3-13(37)20(41)22(17)43/h1-5,16,25-26,29,34-47H,6H2,(H,48,49)/t16-,25-,26-,29-,34+/m1/s1. The van der Waals surface area contributed by atoms with Gasteiger partial charge in [-0.25, -0.2) is 19.2 Å². The molecular formula is C34H26O23. The summed E-state index contributed by atoms with van der Waals surface area (Å²) in [4.78, 5) is 52.2. The predicted octanol–water partition coefficient (Wildman–Crippen LogP) is 0.605. The molecule has 0 amide bonds. The summed E-state index contributed by atoms with van der Waals surface area (Å²) in [6.07, 6.45) is -10.7. The third kappa shape index (κ3) is 6.58. The van der Waals surface area contributed by atoms with E-state index >= 15 is 0 Å². The van der Waals surface area contributed by atoms with Gasteiger partial charge in [0.25, 0.3) is 0 Å².